The Hall–Kier alpha value is -1.21. The second kappa shape index (κ2) is 6.14. The summed E-state index contributed by atoms with van der Waals surface area (Å²) in [5, 5.41) is 1.87. The minimum atomic E-state index is -0.117. The van der Waals surface area contributed by atoms with Crippen LogP contribution in [-0.4, -0.2) is 32.1 Å². The zero-order valence-corrected chi connectivity index (χ0v) is 17.9. The lowest BCUT2D eigenvalue weighted by molar-refractivity contribution is -0.137. The molecule has 2 aromatic rings. The van der Waals surface area contributed by atoms with E-state index in [1.807, 2.05) is 18.5 Å². The Kier molecular flexibility index (Phi) is 4.06. The maximum atomic E-state index is 13.0. The number of alkyl halides is 1. The van der Waals surface area contributed by atoms with Crippen molar-refractivity contribution in [2.75, 3.05) is 7.05 Å². The molecule has 2 heterocycles. The molecule has 2 unspecified atom stereocenters. The minimum Gasteiger partial charge on any atom is -0.338 e. The summed E-state index contributed by atoms with van der Waals surface area (Å²) in [7, 11) is 1.82. The number of amides is 1. The van der Waals surface area contributed by atoms with E-state index >= 15 is 0 Å². The molecule has 4 saturated carbocycles. The van der Waals surface area contributed by atoms with Gasteiger partial charge < -0.3 is 9.88 Å². The van der Waals surface area contributed by atoms with Gasteiger partial charge in [-0.05, 0) is 67.2 Å². The van der Waals surface area contributed by atoms with Crippen LogP contribution in [0.5, 0.6) is 0 Å². The summed E-state index contributed by atoms with van der Waals surface area (Å²) in [5.74, 6) is 2.29. The molecule has 4 fully saturated rings. The number of hydrogen-bond donors (Lipinski definition) is 1. The normalized spacial score (nSPS) is 34.3. The van der Waals surface area contributed by atoms with Gasteiger partial charge in [0, 0.05) is 17.8 Å². The molecule has 1 N–H and O–H groups in total. The van der Waals surface area contributed by atoms with Crippen LogP contribution in [0, 0.1) is 17.3 Å². The van der Waals surface area contributed by atoms with Crippen LogP contribution in [0.2, 0.25) is 0 Å². The molecule has 2 aromatic heterocycles. The van der Waals surface area contributed by atoms with Crippen molar-refractivity contribution in [2.45, 2.75) is 55.8 Å². The number of aromatic amines is 1. The van der Waals surface area contributed by atoms with Gasteiger partial charge >= 0.3 is 0 Å². The summed E-state index contributed by atoms with van der Waals surface area (Å²) in [6, 6.07) is 1.85. The number of rotatable bonds is 4. The molecule has 4 aliphatic rings. The number of carbonyl (C=O) groups is 1. The van der Waals surface area contributed by atoms with E-state index in [2.05, 4.69) is 25.9 Å². The highest BCUT2D eigenvalue weighted by molar-refractivity contribution is 9.10. The van der Waals surface area contributed by atoms with Crippen molar-refractivity contribution in [1.82, 2.24) is 14.9 Å². The van der Waals surface area contributed by atoms with E-state index in [0.717, 1.165) is 18.3 Å². The van der Waals surface area contributed by atoms with Gasteiger partial charge in [-0.2, -0.15) is 0 Å². The van der Waals surface area contributed by atoms with E-state index in [-0.39, 0.29) is 21.2 Å². The number of thiophene rings is 1. The molecule has 2 atom stereocenters. The molecule has 1 amide bonds. The van der Waals surface area contributed by atoms with Crippen LogP contribution in [0.15, 0.2) is 16.2 Å². The minimum absolute atomic E-state index is 0.117. The van der Waals surface area contributed by atoms with Crippen LogP contribution in [0.4, 0.5) is 0 Å². The summed E-state index contributed by atoms with van der Waals surface area (Å²) in [5.41, 5.74) is 0.756. The van der Waals surface area contributed by atoms with Gasteiger partial charge in [0.2, 0.25) is 5.91 Å². The van der Waals surface area contributed by atoms with E-state index in [0.29, 0.717) is 29.0 Å². The first-order chi connectivity index (χ1) is 12.8. The molecule has 0 saturated heterocycles. The van der Waals surface area contributed by atoms with Gasteiger partial charge in [-0.3, -0.25) is 9.59 Å². The number of fused-ring (bicyclic) bond motifs is 1. The Morgan fingerprint density at radius 1 is 1.37 bits per heavy atom. The molecule has 0 aliphatic heterocycles. The monoisotopic (exact) mass is 449 g/mol. The first-order valence-corrected chi connectivity index (χ1v) is 11.4. The number of hydrogen-bond acceptors (Lipinski definition) is 4. The van der Waals surface area contributed by atoms with Crippen LogP contribution >= 0.6 is 27.3 Å². The molecule has 4 aliphatic carbocycles. The Balaban J connectivity index is 1.31. The van der Waals surface area contributed by atoms with E-state index in [9.17, 15) is 9.59 Å². The first-order valence-electron chi connectivity index (χ1n) is 9.72. The SMILES string of the molecule is CN(Cc1nc2ccsc2c(=O)[nH]1)C(=O)CC12CC3CC(CC(Br)(C3)C1)C2. The van der Waals surface area contributed by atoms with Crippen LogP contribution in [0.25, 0.3) is 10.2 Å². The zero-order valence-electron chi connectivity index (χ0n) is 15.5. The predicted molar refractivity (Wildman–Crippen MR) is 110 cm³/mol. The Labute approximate surface area is 170 Å². The topological polar surface area (TPSA) is 66.1 Å². The van der Waals surface area contributed by atoms with E-state index in [1.165, 1.54) is 43.4 Å². The summed E-state index contributed by atoms with van der Waals surface area (Å²) in [6.07, 6.45) is 8.06. The lowest BCUT2D eigenvalue weighted by atomic mass is 9.48. The third-order valence-electron chi connectivity index (χ3n) is 6.81. The molecule has 27 heavy (non-hydrogen) atoms. The van der Waals surface area contributed by atoms with Crippen molar-refractivity contribution in [3.05, 3.63) is 27.6 Å². The maximum absolute atomic E-state index is 13.0. The number of nitrogens with zero attached hydrogens (tertiary/aromatic N) is 2. The number of H-pyrrole nitrogens is 1. The van der Waals surface area contributed by atoms with Gasteiger partial charge in [-0.15, -0.1) is 11.3 Å². The molecule has 4 bridgehead atoms. The summed E-state index contributed by atoms with van der Waals surface area (Å²) in [4.78, 5) is 34.3. The number of carbonyl (C=O) groups excluding carboxylic acids is 1. The van der Waals surface area contributed by atoms with Gasteiger partial charge in [0.1, 0.15) is 10.5 Å². The Bertz CT molecular complexity index is 954. The van der Waals surface area contributed by atoms with E-state index < -0.39 is 0 Å². The van der Waals surface area contributed by atoms with Crippen molar-refractivity contribution < 1.29 is 4.79 Å². The molecule has 6 rings (SSSR count). The third-order valence-corrected chi connectivity index (χ3v) is 8.64. The average molecular weight is 450 g/mol. The van der Waals surface area contributed by atoms with Crippen molar-refractivity contribution in [3.8, 4) is 0 Å². The molecule has 0 spiro atoms. The van der Waals surface area contributed by atoms with E-state index in [4.69, 9.17) is 0 Å². The van der Waals surface area contributed by atoms with Crippen molar-refractivity contribution in [3.63, 3.8) is 0 Å². The number of aromatic nitrogens is 2. The number of nitrogens with one attached hydrogen (secondary N) is 1. The molecule has 144 valence electrons. The average Bonchev–Trinajstić information content (AvgIpc) is 3.01. The lowest BCUT2D eigenvalue weighted by Gasteiger charge is -2.60. The zero-order chi connectivity index (χ0) is 18.8. The highest BCUT2D eigenvalue weighted by Crippen LogP contribution is 2.65. The van der Waals surface area contributed by atoms with Crippen LogP contribution in [-0.2, 0) is 11.3 Å². The second-order valence-electron chi connectivity index (χ2n) is 9.19. The molecule has 7 heteroatoms. The van der Waals surface area contributed by atoms with Crippen LogP contribution < -0.4 is 5.56 Å². The summed E-state index contributed by atoms with van der Waals surface area (Å²) < 4.78 is 0.913. The van der Waals surface area contributed by atoms with Gasteiger partial charge in [-0.1, -0.05) is 15.9 Å². The fraction of sp³-hybridized carbons (Fsp3) is 0.650. The van der Waals surface area contributed by atoms with Gasteiger partial charge in [0.05, 0.1) is 12.1 Å². The van der Waals surface area contributed by atoms with Crippen LogP contribution in [0.1, 0.15) is 50.8 Å². The van der Waals surface area contributed by atoms with Crippen molar-refractivity contribution in [1.29, 1.82) is 0 Å². The van der Waals surface area contributed by atoms with Crippen molar-refractivity contribution in [2.24, 2.45) is 17.3 Å². The first kappa shape index (κ1) is 17.9. The number of halogens is 1. The Morgan fingerprint density at radius 2 is 2.11 bits per heavy atom. The fourth-order valence-corrected chi connectivity index (χ4v) is 8.54. The highest BCUT2D eigenvalue weighted by atomic mass is 79.9. The standard InChI is InChI=1S/C20H24BrN3O2S/c1-24(10-15-22-14-2-3-27-17(14)18(26)23-15)16(25)9-19-5-12-4-13(6-19)8-20(21,7-12)11-19/h2-3,12-13H,4-11H2,1H3,(H,22,23,26). The van der Waals surface area contributed by atoms with E-state index in [1.54, 1.807) is 4.90 Å². The molecule has 0 aromatic carbocycles. The predicted octanol–water partition coefficient (Wildman–Crippen LogP) is 4.07. The van der Waals surface area contributed by atoms with Crippen LogP contribution in [0.3, 0.4) is 0 Å². The van der Waals surface area contributed by atoms with Gasteiger partial charge in [-0.25, -0.2) is 4.98 Å². The smallest absolute Gasteiger partial charge is 0.268 e. The van der Waals surface area contributed by atoms with Gasteiger partial charge in [0.25, 0.3) is 5.56 Å². The second-order valence-corrected chi connectivity index (χ2v) is 11.8. The molecular formula is C20H24BrN3O2S. The molecular weight excluding hydrogens is 426 g/mol. The van der Waals surface area contributed by atoms with Gasteiger partial charge in [0.15, 0.2) is 0 Å². The lowest BCUT2D eigenvalue weighted by Crippen LogP contribution is -2.54. The third kappa shape index (κ3) is 3.16. The highest BCUT2D eigenvalue weighted by Gasteiger charge is 2.57. The fourth-order valence-electron chi connectivity index (χ4n) is 6.31. The Morgan fingerprint density at radius 3 is 2.81 bits per heavy atom. The van der Waals surface area contributed by atoms with Crippen molar-refractivity contribution >= 4 is 43.4 Å². The summed E-state index contributed by atoms with van der Waals surface area (Å²) in [6.45, 7) is 0.349. The molecule has 0 radical (unpaired) electrons. The maximum Gasteiger partial charge on any atom is 0.268 e. The summed E-state index contributed by atoms with van der Waals surface area (Å²) >= 11 is 5.42. The quantitative estimate of drug-likeness (QED) is 0.715. The largest absolute Gasteiger partial charge is 0.338 e. The molecule has 5 nitrogen and oxygen atoms in total.